The van der Waals surface area contributed by atoms with Crippen LogP contribution in [0.5, 0.6) is 0 Å². The summed E-state index contributed by atoms with van der Waals surface area (Å²) in [5.74, 6) is -0.120. The molecule has 1 rings (SSSR count). The molecule has 0 saturated heterocycles. The van der Waals surface area contributed by atoms with Gasteiger partial charge in [-0.15, -0.1) is 0 Å². The number of nitrogens with two attached hydrogens (primary N) is 1. The quantitative estimate of drug-likeness (QED) is 0.718. The lowest BCUT2D eigenvalue weighted by Gasteiger charge is -2.11. The summed E-state index contributed by atoms with van der Waals surface area (Å²) < 4.78 is 0. The highest BCUT2D eigenvalue weighted by Gasteiger charge is 2.13. The van der Waals surface area contributed by atoms with E-state index in [9.17, 15) is 4.79 Å². The van der Waals surface area contributed by atoms with Crippen molar-refractivity contribution in [2.24, 2.45) is 11.7 Å². The van der Waals surface area contributed by atoms with Gasteiger partial charge in [0.15, 0.2) is 0 Å². The van der Waals surface area contributed by atoms with Gasteiger partial charge in [0.25, 0.3) is 0 Å². The van der Waals surface area contributed by atoms with E-state index < -0.39 is 0 Å². The van der Waals surface area contributed by atoms with Crippen molar-refractivity contribution in [2.45, 2.75) is 19.9 Å². The number of aromatic nitrogens is 2. The second kappa shape index (κ2) is 6.08. The van der Waals surface area contributed by atoms with Gasteiger partial charge in [-0.1, -0.05) is 6.92 Å². The fourth-order valence-corrected chi connectivity index (χ4v) is 1.20. The maximum atomic E-state index is 11.5. The minimum atomic E-state index is -0.105. The second-order valence-electron chi connectivity index (χ2n) is 3.26. The molecule has 0 aliphatic heterocycles. The lowest BCUT2D eigenvalue weighted by molar-refractivity contribution is -0.124. The highest BCUT2D eigenvalue weighted by molar-refractivity contribution is 5.78. The Morgan fingerprint density at radius 2 is 2.47 bits per heavy atom. The monoisotopic (exact) mass is 208 g/mol. The van der Waals surface area contributed by atoms with Crippen molar-refractivity contribution in [2.75, 3.05) is 6.54 Å². The second-order valence-corrected chi connectivity index (χ2v) is 3.26. The number of hydrogen-bond acceptors (Lipinski definition) is 4. The maximum absolute atomic E-state index is 11.5. The van der Waals surface area contributed by atoms with Crippen molar-refractivity contribution in [1.82, 2.24) is 15.3 Å². The zero-order chi connectivity index (χ0) is 11.1. The normalized spacial score (nSPS) is 12.1. The van der Waals surface area contributed by atoms with E-state index in [4.69, 9.17) is 5.73 Å². The van der Waals surface area contributed by atoms with Crippen molar-refractivity contribution in [3.05, 3.63) is 24.3 Å². The van der Waals surface area contributed by atoms with E-state index in [0.29, 0.717) is 13.1 Å². The zero-order valence-corrected chi connectivity index (χ0v) is 8.81. The van der Waals surface area contributed by atoms with Crippen LogP contribution in [0.4, 0.5) is 0 Å². The van der Waals surface area contributed by atoms with Crippen molar-refractivity contribution in [3.63, 3.8) is 0 Å². The van der Waals surface area contributed by atoms with E-state index in [1.54, 1.807) is 12.3 Å². The van der Waals surface area contributed by atoms with Crippen molar-refractivity contribution in [1.29, 1.82) is 0 Å². The Hall–Kier alpha value is -1.49. The van der Waals surface area contributed by atoms with Crippen LogP contribution in [0, 0.1) is 5.92 Å². The lowest BCUT2D eigenvalue weighted by Crippen LogP contribution is -2.34. The Balaban J connectivity index is 2.40. The average molecular weight is 208 g/mol. The number of carbonyl (C=O) groups is 1. The summed E-state index contributed by atoms with van der Waals surface area (Å²) in [6.07, 6.45) is 3.86. The molecule has 5 nitrogen and oxygen atoms in total. The molecular formula is C10H16N4O. The average Bonchev–Trinajstić information content (AvgIpc) is 2.29. The summed E-state index contributed by atoms with van der Waals surface area (Å²) in [4.78, 5) is 19.3. The van der Waals surface area contributed by atoms with E-state index >= 15 is 0 Å². The van der Waals surface area contributed by atoms with Crippen molar-refractivity contribution in [3.8, 4) is 0 Å². The minimum Gasteiger partial charge on any atom is -0.350 e. The lowest BCUT2D eigenvalue weighted by atomic mass is 10.1. The number of nitrogens with zero attached hydrogens (tertiary/aromatic N) is 2. The molecule has 1 aromatic heterocycles. The van der Waals surface area contributed by atoms with E-state index in [-0.39, 0.29) is 11.8 Å². The van der Waals surface area contributed by atoms with Gasteiger partial charge in [0, 0.05) is 18.7 Å². The van der Waals surface area contributed by atoms with E-state index in [1.807, 2.05) is 6.92 Å². The van der Waals surface area contributed by atoms with Gasteiger partial charge in [-0.2, -0.15) is 0 Å². The topological polar surface area (TPSA) is 80.9 Å². The summed E-state index contributed by atoms with van der Waals surface area (Å²) in [6, 6.07) is 1.77. The predicted octanol–water partition coefficient (Wildman–Crippen LogP) is 0.0777. The van der Waals surface area contributed by atoms with Gasteiger partial charge in [0.2, 0.25) is 5.91 Å². The molecule has 5 heteroatoms. The van der Waals surface area contributed by atoms with Gasteiger partial charge in [0.05, 0.1) is 12.2 Å². The summed E-state index contributed by atoms with van der Waals surface area (Å²) in [5, 5.41) is 2.79. The third-order valence-corrected chi connectivity index (χ3v) is 2.24. The Bertz CT molecular complexity index is 298. The van der Waals surface area contributed by atoms with Crippen LogP contribution in [0.25, 0.3) is 0 Å². The molecule has 0 aliphatic carbocycles. The number of hydrogen-bond donors (Lipinski definition) is 2. The molecule has 1 amide bonds. The SMILES string of the molecule is CCC(CN)C(=O)NCc1ccncn1. The number of carbonyl (C=O) groups excluding carboxylic acids is 1. The van der Waals surface area contributed by atoms with Crippen molar-refractivity contribution < 1.29 is 4.79 Å². The van der Waals surface area contributed by atoms with Crippen LogP contribution in [0.15, 0.2) is 18.6 Å². The van der Waals surface area contributed by atoms with Gasteiger partial charge < -0.3 is 11.1 Å². The van der Waals surface area contributed by atoms with Crippen LogP contribution in [0.2, 0.25) is 0 Å². The molecule has 3 N–H and O–H groups in total. The first kappa shape index (κ1) is 11.6. The fraction of sp³-hybridized carbons (Fsp3) is 0.500. The largest absolute Gasteiger partial charge is 0.350 e. The van der Waals surface area contributed by atoms with Crippen LogP contribution in [-0.2, 0) is 11.3 Å². The number of rotatable bonds is 5. The first-order valence-electron chi connectivity index (χ1n) is 5.00. The molecule has 0 spiro atoms. The third kappa shape index (κ3) is 3.63. The summed E-state index contributed by atoms with van der Waals surface area (Å²) >= 11 is 0. The molecule has 0 radical (unpaired) electrons. The van der Waals surface area contributed by atoms with Crippen molar-refractivity contribution >= 4 is 5.91 Å². The molecule has 15 heavy (non-hydrogen) atoms. The molecule has 0 aliphatic rings. The van der Waals surface area contributed by atoms with Gasteiger partial charge in [-0.3, -0.25) is 4.79 Å². The summed E-state index contributed by atoms with van der Waals surface area (Å²) in [6.45, 7) is 2.76. The van der Waals surface area contributed by atoms with Crippen LogP contribution in [-0.4, -0.2) is 22.4 Å². The molecule has 0 fully saturated rings. The van der Waals surface area contributed by atoms with Crippen LogP contribution in [0.1, 0.15) is 19.0 Å². The Morgan fingerprint density at radius 3 is 3.00 bits per heavy atom. The standard InChI is InChI=1S/C10H16N4O/c1-2-8(5-11)10(15)13-6-9-3-4-12-7-14-9/h3-4,7-8H,2,5-6,11H2,1H3,(H,13,15). The highest BCUT2D eigenvalue weighted by Crippen LogP contribution is 2.00. The van der Waals surface area contributed by atoms with Gasteiger partial charge in [-0.05, 0) is 12.5 Å². The van der Waals surface area contributed by atoms with Crippen LogP contribution >= 0.6 is 0 Å². The molecule has 82 valence electrons. The number of nitrogens with one attached hydrogen (secondary N) is 1. The first-order chi connectivity index (χ1) is 7.27. The molecular weight excluding hydrogens is 192 g/mol. The van der Waals surface area contributed by atoms with E-state index in [0.717, 1.165) is 12.1 Å². The predicted molar refractivity (Wildman–Crippen MR) is 56.7 cm³/mol. The molecule has 0 bridgehead atoms. The highest BCUT2D eigenvalue weighted by atomic mass is 16.1. The Labute approximate surface area is 89.1 Å². The Morgan fingerprint density at radius 1 is 1.67 bits per heavy atom. The molecule has 1 heterocycles. The number of amides is 1. The van der Waals surface area contributed by atoms with Gasteiger partial charge in [-0.25, -0.2) is 9.97 Å². The molecule has 1 atom stereocenters. The Kier molecular flexibility index (Phi) is 4.70. The van der Waals surface area contributed by atoms with Gasteiger partial charge >= 0.3 is 0 Å². The van der Waals surface area contributed by atoms with E-state index in [2.05, 4.69) is 15.3 Å². The first-order valence-corrected chi connectivity index (χ1v) is 5.00. The molecule has 0 aromatic carbocycles. The molecule has 1 aromatic rings. The zero-order valence-electron chi connectivity index (χ0n) is 8.81. The summed E-state index contributed by atoms with van der Waals surface area (Å²) in [7, 11) is 0. The maximum Gasteiger partial charge on any atom is 0.224 e. The van der Waals surface area contributed by atoms with Gasteiger partial charge in [0.1, 0.15) is 6.33 Å². The third-order valence-electron chi connectivity index (χ3n) is 2.24. The molecule has 0 saturated carbocycles. The minimum absolute atomic E-state index is 0.0152. The van der Waals surface area contributed by atoms with Crippen LogP contribution < -0.4 is 11.1 Å². The fourth-order valence-electron chi connectivity index (χ4n) is 1.20. The van der Waals surface area contributed by atoms with Crippen LogP contribution in [0.3, 0.4) is 0 Å². The summed E-state index contributed by atoms with van der Waals surface area (Å²) in [5.41, 5.74) is 6.26. The molecule has 1 unspecified atom stereocenters. The smallest absolute Gasteiger partial charge is 0.224 e. The van der Waals surface area contributed by atoms with E-state index in [1.165, 1.54) is 6.33 Å².